The Kier molecular flexibility index (Phi) is 4.25. The Morgan fingerprint density at radius 1 is 1.21 bits per heavy atom. The Labute approximate surface area is 141 Å². The SMILES string of the molecule is CCc1nn(-c2ccccc2)c(NC(=O)c2[nH]c(C)cc2C)c1C. The molecular weight excluding hydrogens is 300 g/mol. The van der Waals surface area contributed by atoms with Crippen molar-refractivity contribution in [2.75, 3.05) is 5.32 Å². The number of aromatic amines is 1. The number of hydrogen-bond acceptors (Lipinski definition) is 2. The average Bonchev–Trinajstić information content (AvgIpc) is 3.08. The number of carbonyl (C=O) groups excluding carboxylic acids is 1. The van der Waals surface area contributed by atoms with E-state index in [1.807, 2.05) is 57.2 Å². The van der Waals surface area contributed by atoms with Crippen LogP contribution >= 0.6 is 0 Å². The molecule has 0 bridgehead atoms. The molecule has 24 heavy (non-hydrogen) atoms. The second-order valence-corrected chi connectivity index (χ2v) is 5.99. The van der Waals surface area contributed by atoms with Gasteiger partial charge in [0.25, 0.3) is 5.91 Å². The van der Waals surface area contributed by atoms with Gasteiger partial charge in [-0.05, 0) is 51.0 Å². The molecule has 1 amide bonds. The highest BCUT2D eigenvalue weighted by molar-refractivity contribution is 6.04. The quantitative estimate of drug-likeness (QED) is 0.764. The fourth-order valence-corrected chi connectivity index (χ4v) is 2.91. The van der Waals surface area contributed by atoms with Gasteiger partial charge >= 0.3 is 0 Å². The fourth-order valence-electron chi connectivity index (χ4n) is 2.91. The zero-order valence-electron chi connectivity index (χ0n) is 14.5. The number of benzene rings is 1. The molecule has 2 heterocycles. The van der Waals surface area contributed by atoms with Gasteiger partial charge in [-0.2, -0.15) is 5.10 Å². The molecule has 0 fully saturated rings. The molecular formula is C19H22N4O. The van der Waals surface area contributed by atoms with Crippen LogP contribution in [0.3, 0.4) is 0 Å². The number of carbonyl (C=O) groups is 1. The van der Waals surface area contributed by atoms with Crippen molar-refractivity contribution in [2.45, 2.75) is 34.1 Å². The summed E-state index contributed by atoms with van der Waals surface area (Å²) in [5.41, 5.74) is 5.40. The monoisotopic (exact) mass is 322 g/mol. The molecule has 0 saturated heterocycles. The van der Waals surface area contributed by atoms with Crippen LogP contribution in [0.15, 0.2) is 36.4 Å². The van der Waals surface area contributed by atoms with Crippen molar-refractivity contribution >= 4 is 11.7 Å². The van der Waals surface area contributed by atoms with Gasteiger partial charge in [-0.1, -0.05) is 25.1 Å². The maximum Gasteiger partial charge on any atom is 0.273 e. The van der Waals surface area contributed by atoms with E-state index in [9.17, 15) is 4.79 Å². The fraction of sp³-hybridized carbons (Fsp3) is 0.263. The third kappa shape index (κ3) is 2.85. The molecule has 2 aromatic heterocycles. The molecule has 0 aliphatic rings. The lowest BCUT2D eigenvalue weighted by atomic mass is 10.2. The summed E-state index contributed by atoms with van der Waals surface area (Å²) in [5, 5.41) is 7.70. The minimum Gasteiger partial charge on any atom is -0.354 e. The van der Waals surface area contributed by atoms with E-state index in [-0.39, 0.29) is 5.91 Å². The summed E-state index contributed by atoms with van der Waals surface area (Å²) in [7, 11) is 0. The van der Waals surface area contributed by atoms with Crippen LogP contribution in [0.25, 0.3) is 5.69 Å². The van der Waals surface area contributed by atoms with E-state index in [0.29, 0.717) is 5.69 Å². The molecule has 0 aliphatic heterocycles. The molecule has 3 aromatic rings. The number of nitrogens with zero attached hydrogens (tertiary/aromatic N) is 2. The van der Waals surface area contributed by atoms with Crippen molar-refractivity contribution in [3.63, 3.8) is 0 Å². The summed E-state index contributed by atoms with van der Waals surface area (Å²) in [5.74, 6) is 0.568. The van der Waals surface area contributed by atoms with Crippen molar-refractivity contribution in [1.82, 2.24) is 14.8 Å². The predicted molar refractivity (Wildman–Crippen MR) is 95.9 cm³/mol. The Morgan fingerprint density at radius 3 is 2.50 bits per heavy atom. The Bertz CT molecular complexity index is 874. The van der Waals surface area contributed by atoms with Crippen LogP contribution in [0.5, 0.6) is 0 Å². The summed E-state index contributed by atoms with van der Waals surface area (Å²) in [6.07, 6.45) is 0.815. The van der Waals surface area contributed by atoms with Gasteiger partial charge in [0, 0.05) is 11.3 Å². The first-order valence-electron chi connectivity index (χ1n) is 8.12. The van der Waals surface area contributed by atoms with E-state index in [1.54, 1.807) is 4.68 Å². The molecule has 5 nitrogen and oxygen atoms in total. The van der Waals surface area contributed by atoms with Gasteiger partial charge in [0.05, 0.1) is 11.4 Å². The number of nitrogens with one attached hydrogen (secondary N) is 2. The maximum atomic E-state index is 12.7. The molecule has 3 rings (SSSR count). The first kappa shape index (κ1) is 16.1. The summed E-state index contributed by atoms with van der Waals surface area (Å²) >= 11 is 0. The lowest BCUT2D eigenvalue weighted by Gasteiger charge is -2.10. The van der Waals surface area contributed by atoms with Gasteiger partial charge < -0.3 is 10.3 Å². The Balaban J connectivity index is 2.02. The van der Waals surface area contributed by atoms with Crippen LogP contribution in [0.1, 0.15) is 39.9 Å². The van der Waals surface area contributed by atoms with E-state index in [0.717, 1.165) is 40.4 Å². The number of anilines is 1. The van der Waals surface area contributed by atoms with E-state index in [1.165, 1.54) is 0 Å². The molecule has 124 valence electrons. The van der Waals surface area contributed by atoms with Crippen molar-refractivity contribution in [2.24, 2.45) is 0 Å². The smallest absolute Gasteiger partial charge is 0.273 e. The Hall–Kier alpha value is -2.82. The second kappa shape index (κ2) is 6.35. The van der Waals surface area contributed by atoms with Crippen LogP contribution in [0.2, 0.25) is 0 Å². The van der Waals surface area contributed by atoms with Gasteiger partial charge in [0.15, 0.2) is 0 Å². The van der Waals surface area contributed by atoms with Crippen LogP contribution in [-0.4, -0.2) is 20.7 Å². The molecule has 0 aliphatic carbocycles. The van der Waals surface area contributed by atoms with Gasteiger partial charge in [-0.15, -0.1) is 0 Å². The van der Waals surface area contributed by atoms with Crippen molar-refractivity contribution in [1.29, 1.82) is 0 Å². The predicted octanol–water partition coefficient (Wildman–Crippen LogP) is 3.94. The molecule has 0 unspecified atom stereocenters. The van der Waals surface area contributed by atoms with Crippen LogP contribution in [0.4, 0.5) is 5.82 Å². The van der Waals surface area contributed by atoms with E-state index >= 15 is 0 Å². The molecule has 0 spiro atoms. The van der Waals surface area contributed by atoms with Gasteiger partial charge in [0.1, 0.15) is 11.5 Å². The van der Waals surface area contributed by atoms with Gasteiger partial charge in [0.2, 0.25) is 0 Å². The normalized spacial score (nSPS) is 10.8. The molecule has 2 N–H and O–H groups in total. The topological polar surface area (TPSA) is 62.7 Å². The second-order valence-electron chi connectivity index (χ2n) is 5.99. The van der Waals surface area contributed by atoms with E-state index in [4.69, 9.17) is 0 Å². The van der Waals surface area contributed by atoms with Crippen LogP contribution in [0, 0.1) is 20.8 Å². The highest BCUT2D eigenvalue weighted by Gasteiger charge is 2.19. The first-order valence-corrected chi connectivity index (χ1v) is 8.12. The summed E-state index contributed by atoms with van der Waals surface area (Å²) in [6.45, 7) is 7.93. The minimum atomic E-state index is -0.150. The standard InChI is InChI=1S/C19H22N4O/c1-5-16-14(4)18(23(22-16)15-9-7-6-8-10-15)21-19(24)17-12(2)11-13(3)20-17/h6-11,20H,5H2,1-4H3,(H,21,24). The number of aryl methyl sites for hydroxylation is 3. The molecule has 0 atom stereocenters. The lowest BCUT2D eigenvalue weighted by Crippen LogP contribution is -2.17. The van der Waals surface area contributed by atoms with E-state index < -0.39 is 0 Å². The number of hydrogen-bond donors (Lipinski definition) is 2. The summed E-state index contributed by atoms with van der Waals surface area (Å²) in [4.78, 5) is 15.8. The first-order chi connectivity index (χ1) is 11.5. The van der Waals surface area contributed by atoms with Gasteiger partial charge in [-0.25, -0.2) is 4.68 Å². The molecule has 0 radical (unpaired) electrons. The third-order valence-corrected chi connectivity index (χ3v) is 4.16. The van der Waals surface area contributed by atoms with Crippen LogP contribution in [-0.2, 0) is 6.42 Å². The third-order valence-electron chi connectivity index (χ3n) is 4.16. The molecule has 0 saturated carbocycles. The number of amides is 1. The minimum absolute atomic E-state index is 0.150. The Morgan fingerprint density at radius 2 is 1.92 bits per heavy atom. The van der Waals surface area contributed by atoms with Crippen molar-refractivity contribution in [3.8, 4) is 5.69 Å². The average molecular weight is 322 g/mol. The largest absolute Gasteiger partial charge is 0.354 e. The molecule has 5 heteroatoms. The number of aromatic nitrogens is 3. The van der Waals surface area contributed by atoms with E-state index in [2.05, 4.69) is 22.3 Å². The zero-order valence-corrected chi connectivity index (χ0v) is 14.5. The summed E-state index contributed by atoms with van der Waals surface area (Å²) < 4.78 is 1.80. The maximum absolute atomic E-state index is 12.7. The zero-order chi connectivity index (χ0) is 17.3. The van der Waals surface area contributed by atoms with Gasteiger partial charge in [-0.3, -0.25) is 4.79 Å². The van der Waals surface area contributed by atoms with Crippen molar-refractivity contribution in [3.05, 3.63) is 64.6 Å². The highest BCUT2D eigenvalue weighted by atomic mass is 16.2. The summed E-state index contributed by atoms with van der Waals surface area (Å²) in [6, 6.07) is 11.8. The number of para-hydroxylation sites is 1. The van der Waals surface area contributed by atoms with Crippen molar-refractivity contribution < 1.29 is 4.79 Å². The molecule has 1 aromatic carbocycles. The number of H-pyrrole nitrogens is 1. The lowest BCUT2D eigenvalue weighted by molar-refractivity contribution is 0.102. The highest BCUT2D eigenvalue weighted by Crippen LogP contribution is 2.24. The van der Waals surface area contributed by atoms with Crippen LogP contribution < -0.4 is 5.32 Å². The number of rotatable bonds is 4.